The summed E-state index contributed by atoms with van der Waals surface area (Å²) in [7, 11) is 0. The molecule has 1 unspecified atom stereocenters. The van der Waals surface area contributed by atoms with Crippen LogP contribution in [0.1, 0.15) is 27.7 Å². The highest BCUT2D eigenvalue weighted by molar-refractivity contribution is 6.34. The number of rotatable bonds is 1. The summed E-state index contributed by atoms with van der Waals surface area (Å²) in [4.78, 5) is 16.1. The van der Waals surface area contributed by atoms with Gasteiger partial charge >= 0.3 is 6.09 Å². The van der Waals surface area contributed by atoms with Crippen LogP contribution in [0.25, 0.3) is 0 Å². The fraction of sp³-hybridized carbons (Fsp3) is 0.562. The number of ether oxygens (including phenoxy) is 1. The van der Waals surface area contributed by atoms with Gasteiger partial charge < -0.3 is 20.3 Å². The molecule has 0 aliphatic carbocycles. The number of halogens is 1. The molecule has 1 aromatic rings. The van der Waals surface area contributed by atoms with Crippen LogP contribution in [0.5, 0.6) is 0 Å². The van der Waals surface area contributed by atoms with E-state index in [0.717, 1.165) is 5.69 Å². The lowest BCUT2D eigenvalue weighted by Gasteiger charge is -2.41. The number of nitrogens with zero attached hydrogens (tertiary/aromatic N) is 2. The number of amides is 1. The Morgan fingerprint density at radius 3 is 2.59 bits per heavy atom. The van der Waals surface area contributed by atoms with Gasteiger partial charge in [0, 0.05) is 25.7 Å². The minimum absolute atomic E-state index is 0.0271. The molecule has 1 atom stereocenters. The van der Waals surface area contributed by atoms with Crippen LogP contribution in [0.15, 0.2) is 18.2 Å². The van der Waals surface area contributed by atoms with Gasteiger partial charge in [0.25, 0.3) is 0 Å². The average Bonchev–Trinajstić information content (AvgIpc) is 2.36. The summed E-state index contributed by atoms with van der Waals surface area (Å²) < 4.78 is 5.45. The van der Waals surface area contributed by atoms with Crippen molar-refractivity contribution in [3.8, 4) is 0 Å². The molecule has 6 heteroatoms. The van der Waals surface area contributed by atoms with Gasteiger partial charge in [0.15, 0.2) is 0 Å². The summed E-state index contributed by atoms with van der Waals surface area (Å²) >= 11 is 6.27. The highest BCUT2D eigenvalue weighted by Gasteiger charge is 2.31. The third-order valence-corrected chi connectivity index (χ3v) is 3.89. The SMILES string of the molecule is CC1CN(c2c(N)cccc2Cl)CCN1C(=O)OC(C)(C)C. The quantitative estimate of drug-likeness (QED) is 0.804. The number of nitrogen functional groups attached to an aromatic ring is 1. The Balaban J connectivity index is 2.09. The van der Waals surface area contributed by atoms with Crippen LogP contribution >= 0.6 is 11.6 Å². The molecular weight excluding hydrogens is 302 g/mol. The summed E-state index contributed by atoms with van der Waals surface area (Å²) in [6, 6.07) is 5.53. The molecule has 1 aromatic carbocycles. The average molecular weight is 326 g/mol. The lowest BCUT2D eigenvalue weighted by Crippen LogP contribution is -2.55. The smallest absolute Gasteiger partial charge is 0.410 e. The standard InChI is InChI=1S/C16H24ClN3O2/c1-11-10-19(14-12(17)6-5-7-13(14)18)8-9-20(11)15(21)22-16(2,3)4/h5-7,11H,8-10,18H2,1-4H3. The zero-order valence-corrected chi connectivity index (χ0v) is 14.4. The zero-order chi connectivity index (χ0) is 16.5. The van der Waals surface area contributed by atoms with Crippen LogP contribution in [0.3, 0.4) is 0 Å². The molecule has 0 spiro atoms. The second kappa shape index (κ2) is 6.24. The molecule has 22 heavy (non-hydrogen) atoms. The lowest BCUT2D eigenvalue weighted by atomic mass is 10.1. The second-order valence-electron chi connectivity index (χ2n) is 6.65. The van der Waals surface area contributed by atoms with E-state index in [0.29, 0.717) is 30.3 Å². The van der Waals surface area contributed by atoms with Crippen molar-refractivity contribution in [3.63, 3.8) is 0 Å². The van der Waals surface area contributed by atoms with E-state index in [2.05, 4.69) is 4.90 Å². The maximum atomic E-state index is 12.2. The zero-order valence-electron chi connectivity index (χ0n) is 13.6. The summed E-state index contributed by atoms with van der Waals surface area (Å²) in [6.45, 7) is 9.55. The Labute approximate surface area is 137 Å². The first-order chi connectivity index (χ1) is 10.2. The number of piperazine rings is 1. The highest BCUT2D eigenvalue weighted by atomic mass is 35.5. The van der Waals surface area contributed by atoms with Crippen molar-refractivity contribution in [3.05, 3.63) is 23.2 Å². The van der Waals surface area contributed by atoms with E-state index in [9.17, 15) is 4.79 Å². The van der Waals surface area contributed by atoms with Gasteiger partial charge in [-0.25, -0.2) is 4.79 Å². The van der Waals surface area contributed by atoms with Crippen LogP contribution < -0.4 is 10.6 Å². The Morgan fingerprint density at radius 2 is 2.05 bits per heavy atom. The predicted molar refractivity (Wildman–Crippen MR) is 90.5 cm³/mol. The van der Waals surface area contributed by atoms with Crippen molar-refractivity contribution in [2.24, 2.45) is 0 Å². The molecule has 0 radical (unpaired) electrons. The molecule has 5 nitrogen and oxygen atoms in total. The second-order valence-corrected chi connectivity index (χ2v) is 7.05. The van der Waals surface area contributed by atoms with Crippen molar-refractivity contribution in [1.29, 1.82) is 0 Å². The summed E-state index contributed by atoms with van der Waals surface area (Å²) in [6.07, 6.45) is -0.271. The molecule has 2 rings (SSSR count). The van der Waals surface area contributed by atoms with Gasteiger partial charge in [0.1, 0.15) is 5.60 Å². The van der Waals surface area contributed by atoms with E-state index in [1.165, 1.54) is 0 Å². The molecule has 1 heterocycles. The van der Waals surface area contributed by atoms with E-state index in [1.54, 1.807) is 4.90 Å². The molecule has 0 aromatic heterocycles. The highest BCUT2D eigenvalue weighted by Crippen LogP contribution is 2.33. The molecule has 1 aliphatic rings. The van der Waals surface area contributed by atoms with Gasteiger partial charge in [-0.1, -0.05) is 17.7 Å². The van der Waals surface area contributed by atoms with E-state index in [-0.39, 0.29) is 12.1 Å². The first-order valence-corrected chi connectivity index (χ1v) is 7.85. The lowest BCUT2D eigenvalue weighted by molar-refractivity contribution is 0.0159. The fourth-order valence-corrected chi connectivity index (χ4v) is 2.92. The number of carbonyl (C=O) groups is 1. The maximum absolute atomic E-state index is 12.2. The Hall–Kier alpha value is -1.62. The molecular formula is C16H24ClN3O2. The Morgan fingerprint density at radius 1 is 1.36 bits per heavy atom. The number of nitrogens with two attached hydrogens (primary N) is 1. The van der Waals surface area contributed by atoms with Crippen molar-refractivity contribution in [1.82, 2.24) is 4.90 Å². The number of benzene rings is 1. The molecule has 1 fully saturated rings. The minimum Gasteiger partial charge on any atom is -0.444 e. The van der Waals surface area contributed by atoms with Crippen LogP contribution in [0.2, 0.25) is 5.02 Å². The van der Waals surface area contributed by atoms with Gasteiger partial charge in [0.05, 0.1) is 16.4 Å². The molecule has 0 saturated carbocycles. The van der Waals surface area contributed by atoms with Gasteiger partial charge in [-0.2, -0.15) is 0 Å². The molecule has 2 N–H and O–H groups in total. The molecule has 122 valence electrons. The molecule has 0 bridgehead atoms. The minimum atomic E-state index is -0.485. The van der Waals surface area contributed by atoms with Crippen LogP contribution in [-0.4, -0.2) is 42.3 Å². The van der Waals surface area contributed by atoms with E-state index >= 15 is 0 Å². The number of carbonyl (C=O) groups excluding carboxylic acids is 1. The van der Waals surface area contributed by atoms with Gasteiger partial charge in [-0.3, -0.25) is 0 Å². The van der Waals surface area contributed by atoms with E-state index in [4.69, 9.17) is 22.1 Å². The number of para-hydroxylation sites is 1. The largest absolute Gasteiger partial charge is 0.444 e. The van der Waals surface area contributed by atoms with Crippen LogP contribution in [-0.2, 0) is 4.74 Å². The monoisotopic (exact) mass is 325 g/mol. The van der Waals surface area contributed by atoms with Crippen molar-refractivity contribution in [2.75, 3.05) is 30.3 Å². The van der Waals surface area contributed by atoms with E-state index in [1.807, 2.05) is 45.9 Å². The number of hydrogen-bond acceptors (Lipinski definition) is 4. The third kappa shape index (κ3) is 3.77. The Bertz CT molecular complexity index is 537. The first kappa shape index (κ1) is 16.7. The van der Waals surface area contributed by atoms with Gasteiger partial charge in [-0.15, -0.1) is 0 Å². The summed E-state index contributed by atoms with van der Waals surface area (Å²) in [5.74, 6) is 0. The molecule has 1 saturated heterocycles. The number of hydrogen-bond donors (Lipinski definition) is 1. The Kier molecular flexibility index (Phi) is 4.75. The van der Waals surface area contributed by atoms with Crippen LogP contribution in [0, 0.1) is 0 Å². The van der Waals surface area contributed by atoms with E-state index < -0.39 is 5.60 Å². The van der Waals surface area contributed by atoms with Crippen LogP contribution in [0.4, 0.5) is 16.2 Å². The van der Waals surface area contributed by atoms with Crippen molar-refractivity contribution >= 4 is 29.1 Å². The fourth-order valence-electron chi connectivity index (χ4n) is 2.62. The summed E-state index contributed by atoms with van der Waals surface area (Å²) in [5.41, 5.74) is 7.06. The predicted octanol–water partition coefficient (Wildman–Crippen LogP) is 3.37. The van der Waals surface area contributed by atoms with Crippen molar-refractivity contribution < 1.29 is 9.53 Å². The van der Waals surface area contributed by atoms with Crippen molar-refractivity contribution in [2.45, 2.75) is 39.3 Å². The maximum Gasteiger partial charge on any atom is 0.410 e. The van der Waals surface area contributed by atoms with Gasteiger partial charge in [-0.05, 0) is 39.8 Å². The molecule has 1 aliphatic heterocycles. The number of anilines is 2. The van der Waals surface area contributed by atoms with Gasteiger partial charge in [0.2, 0.25) is 0 Å². The topological polar surface area (TPSA) is 58.8 Å². The normalized spacial score (nSPS) is 19.2. The molecule has 1 amide bonds. The summed E-state index contributed by atoms with van der Waals surface area (Å²) in [5, 5.41) is 0.637. The third-order valence-electron chi connectivity index (χ3n) is 3.59. The first-order valence-electron chi connectivity index (χ1n) is 7.47.